The van der Waals surface area contributed by atoms with Crippen molar-refractivity contribution in [1.29, 1.82) is 0 Å². The number of rotatable bonds is 7. The molecule has 0 aliphatic heterocycles. The van der Waals surface area contributed by atoms with E-state index in [1.54, 1.807) is 0 Å². The number of carbonyl (C=O) groups excluding carboxylic acids is 3. The third-order valence-electron chi connectivity index (χ3n) is 5.15. The molecule has 1 aromatic carbocycles. The number of benzene rings is 1. The summed E-state index contributed by atoms with van der Waals surface area (Å²) in [5.74, 6) is -1.27. The molecule has 32 heavy (non-hydrogen) atoms. The van der Waals surface area contributed by atoms with Crippen molar-refractivity contribution >= 4 is 50.1 Å². The monoisotopic (exact) mass is 527 g/mol. The number of amides is 1. The van der Waals surface area contributed by atoms with Crippen molar-refractivity contribution in [3.05, 3.63) is 32.1 Å². The van der Waals surface area contributed by atoms with E-state index in [1.807, 2.05) is 0 Å². The molecule has 0 bridgehead atoms. The lowest BCUT2D eigenvalue weighted by Gasteiger charge is -2.16. The van der Waals surface area contributed by atoms with Gasteiger partial charge in [-0.25, -0.2) is 4.79 Å². The first kappa shape index (κ1) is 23.9. The van der Waals surface area contributed by atoms with E-state index in [1.165, 1.54) is 53.0 Å². The van der Waals surface area contributed by atoms with Gasteiger partial charge in [0.2, 0.25) is 5.75 Å². The molecule has 2 aromatic rings. The van der Waals surface area contributed by atoms with Crippen molar-refractivity contribution in [1.82, 2.24) is 0 Å². The quantitative estimate of drug-likeness (QED) is 0.541. The Morgan fingerprint density at radius 2 is 1.72 bits per heavy atom. The highest BCUT2D eigenvalue weighted by Crippen LogP contribution is 2.47. The van der Waals surface area contributed by atoms with Crippen molar-refractivity contribution in [2.24, 2.45) is 0 Å². The van der Waals surface area contributed by atoms with Crippen LogP contribution in [0.2, 0.25) is 0 Å². The highest BCUT2D eigenvalue weighted by Gasteiger charge is 2.38. The van der Waals surface area contributed by atoms with Crippen molar-refractivity contribution in [3.8, 4) is 17.2 Å². The minimum atomic E-state index is -0.641. The van der Waals surface area contributed by atoms with E-state index in [0.29, 0.717) is 39.4 Å². The van der Waals surface area contributed by atoms with Crippen LogP contribution in [-0.2, 0) is 20.7 Å². The van der Waals surface area contributed by atoms with Crippen molar-refractivity contribution < 1.29 is 38.1 Å². The molecule has 1 aliphatic carbocycles. The van der Waals surface area contributed by atoms with Crippen LogP contribution in [0.4, 0.5) is 5.00 Å². The molecule has 1 aromatic heterocycles. The molecule has 0 spiro atoms. The van der Waals surface area contributed by atoms with Crippen LogP contribution in [0.15, 0.2) is 10.5 Å². The van der Waals surface area contributed by atoms with Crippen LogP contribution in [0.3, 0.4) is 0 Å². The molecular formula is C21H22BrNO8S. The number of carbonyl (C=O) groups is 3. The molecule has 0 saturated heterocycles. The van der Waals surface area contributed by atoms with E-state index >= 15 is 0 Å². The number of hydrogen-bond donors (Lipinski definition) is 1. The Morgan fingerprint density at radius 3 is 2.28 bits per heavy atom. The average Bonchev–Trinajstić information content (AvgIpc) is 3.36. The molecule has 0 unspecified atom stereocenters. The summed E-state index contributed by atoms with van der Waals surface area (Å²) in [6.07, 6.45) is 1.12. The summed E-state index contributed by atoms with van der Waals surface area (Å²) in [7, 11) is 6.89. The first-order chi connectivity index (χ1) is 15.3. The number of halogens is 1. The maximum Gasteiger partial charge on any atom is 0.341 e. The Hall–Kier alpha value is -2.79. The standard InChI is InChI=1S/C21H22BrNO8S/c1-27-11-8-10(15(22)17(29-3)16(11)28-2)18(24)23-19-14(21(26)31-5)13-9(20(25)30-4)6-7-12(13)32-19/h8-9H,6-7H2,1-5H3,(H,23,24)/t9-/m1/s1. The summed E-state index contributed by atoms with van der Waals surface area (Å²) in [6.45, 7) is 0. The number of hydrogen-bond acceptors (Lipinski definition) is 9. The minimum absolute atomic E-state index is 0.164. The van der Waals surface area contributed by atoms with Crippen LogP contribution in [0.1, 0.15) is 43.5 Å². The fraction of sp³-hybridized carbons (Fsp3) is 0.381. The number of nitrogens with one attached hydrogen (secondary N) is 1. The first-order valence-electron chi connectivity index (χ1n) is 9.44. The molecule has 1 aliphatic rings. The molecule has 1 amide bonds. The van der Waals surface area contributed by atoms with Gasteiger partial charge in [-0.3, -0.25) is 9.59 Å². The summed E-state index contributed by atoms with van der Waals surface area (Å²) >= 11 is 4.62. The Labute approximate surface area is 197 Å². The highest BCUT2D eigenvalue weighted by atomic mass is 79.9. The molecule has 1 heterocycles. The van der Waals surface area contributed by atoms with Crippen molar-refractivity contribution in [3.63, 3.8) is 0 Å². The number of methoxy groups -OCH3 is 5. The van der Waals surface area contributed by atoms with Gasteiger partial charge in [0.1, 0.15) is 5.00 Å². The number of fused-ring (bicyclic) bond motifs is 1. The minimum Gasteiger partial charge on any atom is -0.493 e. The summed E-state index contributed by atoms with van der Waals surface area (Å²) in [5, 5.41) is 3.07. The van der Waals surface area contributed by atoms with E-state index < -0.39 is 23.8 Å². The van der Waals surface area contributed by atoms with E-state index in [9.17, 15) is 14.4 Å². The second kappa shape index (κ2) is 9.78. The van der Waals surface area contributed by atoms with E-state index in [0.717, 1.165) is 4.88 Å². The van der Waals surface area contributed by atoms with Gasteiger partial charge in [0.05, 0.1) is 57.1 Å². The molecule has 1 atom stereocenters. The number of aryl methyl sites for hydroxylation is 1. The maximum absolute atomic E-state index is 13.2. The molecule has 0 saturated carbocycles. The van der Waals surface area contributed by atoms with Crippen LogP contribution >= 0.6 is 27.3 Å². The zero-order valence-corrected chi connectivity index (χ0v) is 20.5. The topological polar surface area (TPSA) is 109 Å². The normalized spacial score (nSPS) is 14.4. The molecule has 11 heteroatoms. The third-order valence-corrected chi connectivity index (χ3v) is 7.11. The Bertz CT molecular complexity index is 1080. The number of anilines is 1. The second-order valence-corrected chi connectivity index (χ2v) is 8.61. The largest absolute Gasteiger partial charge is 0.493 e. The lowest BCUT2D eigenvalue weighted by Crippen LogP contribution is -2.18. The van der Waals surface area contributed by atoms with Crippen LogP contribution < -0.4 is 19.5 Å². The van der Waals surface area contributed by atoms with Gasteiger partial charge in [-0.2, -0.15) is 0 Å². The summed E-state index contributed by atoms with van der Waals surface area (Å²) in [5.41, 5.74) is 0.915. The lowest BCUT2D eigenvalue weighted by atomic mass is 9.99. The molecule has 3 rings (SSSR count). The zero-order chi connectivity index (χ0) is 23.6. The van der Waals surface area contributed by atoms with Crippen LogP contribution in [0.5, 0.6) is 17.2 Å². The zero-order valence-electron chi connectivity index (χ0n) is 18.1. The van der Waals surface area contributed by atoms with Gasteiger partial charge in [-0.05, 0) is 40.4 Å². The van der Waals surface area contributed by atoms with E-state index in [2.05, 4.69) is 21.2 Å². The second-order valence-electron chi connectivity index (χ2n) is 6.71. The third kappa shape index (κ3) is 4.02. The molecule has 0 radical (unpaired) electrons. The lowest BCUT2D eigenvalue weighted by molar-refractivity contribution is -0.142. The Morgan fingerprint density at radius 1 is 1.03 bits per heavy atom. The predicted octanol–water partition coefficient (Wildman–Crippen LogP) is 3.78. The molecule has 9 nitrogen and oxygen atoms in total. The van der Waals surface area contributed by atoms with Gasteiger partial charge in [0, 0.05) is 4.88 Å². The predicted molar refractivity (Wildman–Crippen MR) is 120 cm³/mol. The van der Waals surface area contributed by atoms with Crippen LogP contribution in [0, 0.1) is 0 Å². The fourth-order valence-electron chi connectivity index (χ4n) is 3.69. The summed E-state index contributed by atoms with van der Waals surface area (Å²) in [6, 6.07) is 1.50. The number of esters is 2. The van der Waals surface area contributed by atoms with Gasteiger partial charge in [-0.1, -0.05) is 0 Å². The fourth-order valence-corrected chi connectivity index (χ4v) is 5.59. The summed E-state index contributed by atoms with van der Waals surface area (Å²) < 4.78 is 26.2. The number of thiophene rings is 1. The molecule has 1 N–H and O–H groups in total. The Balaban J connectivity index is 2.06. The van der Waals surface area contributed by atoms with Gasteiger partial charge in [0.15, 0.2) is 11.5 Å². The van der Waals surface area contributed by atoms with E-state index in [4.69, 9.17) is 23.7 Å². The van der Waals surface area contributed by atoms with Crippen LogP contribution in [-0.4, -0.2) is 53.4 Å². The van der Waals surface area contributed by atoms with E-state index in [-0.39, 0.29) is 16.9 Å². The van der Waals surface area contributed by atoms with Gasteiger partial charge in [0.25, 0.3) is 5.91 Å². The van der Waals surface area contributed by atoms with Crippen molar-refractivity contribution in [2.75, 3.05) is 40.9 Å². The van der Waals surface area contributed by atoms with Crippen molar-refractivity contribution in [2.45, 2.75) is 18.8 Å². The van der Waals surface area contributed by atoms with Gasteiger partial charge >= 0.3 is 11.9 Å². The highest BCUT2D eigenvalue weighted by molar-refractivity contribution is 9.10. The van der Waals surface area contributed by atoms with Crippen LogP contribution in [0.25, 0.3) is 0 Å². The summed E-state index contributed by atoms with van der Waals surface area (Å²) in [4.78, 5) is 38.9. The van der Waals surface area contributed by atoms with Gasteiger partial charge < -0.3 is 29.0 Å². The SMILES string of the molecule is COC(=O)c1c(NC(=O)c2cc(OC)c(OC)c(OC)c2Br)sc2c1[C@H](C(=O)OC)CC2. The number of ether oxygens (including phenoxy) is 5. The average molecular weight is 528 g/mol. The molecular weight excluding hydrogens is 506 g/mol. The van der Waals surface area contributed by atoms with Gasteiger partial charge in [-0.15, -0.1) is 11.3 Å². The smallest absolute Gasteiger partial charge is 0.341 e. The molecule has 172 valence electrons. The Kier molecular flexibility index (Phi) is 7.29. The maximum atomic E-state index is 13.2. The molecule has 0 fully saturated rings. The first-order valence-corrected chi connectivity index (χ1v) is 11.0.